The molecule has 0 saturated carbocycles. The molecule has 1 aromatic carbocycles. The molecule has 0 atom stereocenters. The van der Waals surface area contributed by atoms with Gasteiger partial charge in [-0.05, 0) is 19.1 Å². The molecule has 1 rings (SSSR count). The van der Waals surface area contributed by atoms with Gasteiger partial charge in [-0.3, -0.25) is 14.9 Å². The number of hydrogen-bond donors (Lipinski definition) is 0. The summed E-state index contributed by atoms with van der Waals surface area (Å²) in [5.74, 6) is 0.915. The Morgan fingerprint density at radius 1 is 1.61 bits per heavy atom. The molecule has 0 heterocycles. The largest absolute Gasteiger partial charge is 0.328 e. The Balaban J connectivity index is 3.22. The Kier molecular flexibility index (Phi) is 4.38. The van der Waals surface area contributed by atoms with Crippen LogP contribution in [0.2, 0.25) is 0 Å². The van der Waals surface area contributed by atoms with Crippen molar-refractivity contribution in [3.05, 3.63) is 39.7 Å². The minimum absolute atomic E-state index is 0.0169. The van der Waals surface area contributed by atoms with Crippen molar-refractivity contribution in [3.8, 4) is 12.3 Å². The maximum atomic E-state index is 13.1. The van der Waals surface area contributed by atoms with Crippen LogP contribution < -0.4 is 0 Å². The summed E-state index contributed by atoms with van der Waals surface area (Å²) in [7, 11) is 0. The molecule has 18 heavy (non-hydrogen) atoms. The van der Waals surface area contributed by atoms with Crippen molar-refractivity contribution in [2.45, 2.75) is 6.92 Å². The molecule has 5 nitrogen and oxygen atoms in total. The van der Waals surface area contributed by atoms with E-state index in [2.05, 4.69) is 5.92 Å². The summed E-state index contributed by atoms with van der Waals surface area (Å²) >= 11 is 0. The van der Waals surface area contributed by atoms with Crippen molar-refractivity contribution in [2.24, 2.45) is 0 Å². The van der Waals surface area contributed by atoms with E-state index >= 15 is 0 Å². The zero-order valence-corrected chi connectivity index (χ0v) is 9.72. The van der Waals surface area contributed by atoms with Crippen molar-refractivity contribution in [3.63, 3.8) is 0 Å². The van der Waals surface area contributed by atoms with Crippen LogP contribution in [0.25, 0.3) is 0 Å². The Morgan fingerprint density at radius 3 is 2.78 bits per heavy atom. The van der Waals surface area contributed by atoms with Crippen LogP contribution in [0.15, 0.2) is 18.2 Å². The van der Waals surface area contributed by atoms with Crippen LogP contribution in [0.1, 0.15) is 17.3 Å². The van der Waals surface area contributed by atoms with Gasteiger partial charge in [0.2, 0.25) is 0 Å². The van der Waals surface area contributed by atoms with Gasteiger partial charge in [0.25, 0.3) is 11.6 Å². The minimum atomic E-state index is -0.726. The topological polar surface area (TPSA) is 63.5 Å². The van der Waals surface area contributed by atoms with E-state index in [0.29, 0.717) is 0 Å². The summed E-state index contributed by atoms with van der Waals surface area (Å²) in [6.45, 7) is 1.99. The molecule has 0 aromatic heterocycles. The zero-order valence-electron chi connectivity index (χ0n) is 9.72. The van der Waals surface area contributed by atoms with E-state index in [1.807, 2.05) is 0 Å². The van der Waals surface area contributed by atoms with Gasteiger partial charge in [0.05, 0.1) is 11.5 Å². The molecule has 6 heteroatoms. The first-order valence-corrected chi connectivity index (χ1v) is 5.18. The van der Waals surface area contributed by atoms with Gasteiger partial charge < -0.3 is 4.90 Å². The van der Waals surface area contributed by atoms with Crippen molar-refractivity contribution in [1.82, 2.24) is 4.90 Å². The van der Waals surface area contributed by atoms with Gasteiger partial charge in [0.15, 0.2) is 0 Å². The quantitative estimate of drug-likeness (QED) is 0.465. The van der Waals surface area contributed by atoms with Crippen LogP contribution >= 0.6 is 0 Å². The molecule has 1 amide bonds. The lowest BCUT2D eigenvalue weighted by Crippen LogP contribution is -2.31. The van der Waals surface area contributed by atoms with Gasteiger partial charge in [0.1, 0.15) is 11.4 Å². The van der Waals surface area contributed by atoms with Gasteiger partial charge in [0, 0.05) is 12.6 Å². The highest BCUT2D eigenvalue weighted by Gasteiger charge is 2.24. The fraction of sp³-hybridized carbons (Fsp3) is 0.250. The minimum Gasteiger partial charge on any atom is -0.328 e. The predicted molar refractivity (Wildman–Crippen MR) is 63.5 cm³/mol. The molecule has 1 aromatic rings. The summed E-state index contributed by atoms with van der Waals surface area (Å²) in [6, 6.07) is 2.75. The highest BCUT2D eigenvalue weighted by Crippen LogP contribution is 2.21. The summed E-state index contributed by atoms with van der Waals surface area (Å²) < 4.78 is 13.1. The average Bonchev–Trinajstić information content (AvgIpc) is 2.34. The molecule has 0 aliphatic heterocycles. The van der Waals surface area contributed by atoms with Crippen LogP contribution in [0, 0.1) is 28.3 Å². The van der Waals surface area contributed by atoms with Crippen LogP contribution in [-0.2, 0) is 0 Å². The van der Waals surface area contributed by atoms with Crippen LogP contribution in [0.5, 0.6) is 0 Å². The Hall–Kier alpha value is -2.42. The molecule has 94 valence electrons. The molecule has 0 aliphatic carbocycles. The van der Waals surface area contributed by atoms with Crippen molar-refractivity contribution >= 4 is 11.6 Å². The number of benzene rings is 1. The SMILES string of the molecule is C#CCN(CC)C(=O)c1cc(F)ccc1[N+](=O)[O-]. The first-order valence-electron chi connectivity index (χ1n) is 5.18. The molecular formula is C12H11FN2O3. The number of carbonyl (C=O) groups excluding carboxylic acids is 1. The summed E-state index contributed by atoms with van der Waals surface area (Å²) in [5.41, 5.74) is -0.728. The van der Waals surface area contributed by atoms with E-state index in [1.165, 1.54) is 4.90 Å². The molecule has 0 fully saturated rings. The van der Waals surface area contributed by atoms with Crippen molar-refractivity contribution < 1.29 is 14.1 Å². The second kappa shape index (κ2) is 5.77. The molecule has 0 radical (unpaired) electrons. The number of halogens is 1. The van der Waals surface area contributed by atoms with Crippen LogP contribution in [0.3, 0.4) is 0 Å². The highest BCUT2D eigenvalue weighted by molar-refractivity contribution is 5.98. The molecular weight excluding hydrogens is 239 g/mol. The maximum Gasteiger partial charge on any atom is 0.282 e. The third kappa shape index (κ3) is 2.83. The molecule has 0 N–H and O–H groups in total. The number of nitro groups is 1. The third-order valence-corrected chi connectivity index (χ3v) is 2.34. The normalized spacial score (nSPS) is 9.61. The standard InChI is InChI=1S/C12H11FN2O3/c1-3-7-14(4-2)12(16)10-8-9(13)5-6-11(10)15(17)18/h1,5-6,8H,4,7H2,2H3. The van der Waals surface area contributed by atoms with Crippen LogP contribution in [0.4, 0.5) is 10.1 Å². The van der Waals surface area contributed by atoms with Crippen LogP contribution in [-0.4, -0.2) is 28.8 Å². The van der Waals surface area contributed by atoms with E-state index in [4.69, 9.17) is 6.42 Å². The summed E-state index contributed by atoms with van der Waals surface area (Å²) in [4.78, 5) is 23.3. The van der Waals surface area contributed by atoms with Gasteiger partial charge in [-0.25, -0.2) is 4.39 Å². The second-order valence-corrected chi connectivity index (χ2v) is 3.44. The van der Waals surface area contributed by atoms with E-state index in [1.54, 1.807) is 6.92 Å². The molecule has 0 aliphatic rings. The fourth-order valence-corrected chi connectivity index (χ4v) is 1.45. The molecule has 0 saturated heterocycles. The Labute approximate surface area is 103 Å². The van der Waals surface area contributed by atoms with Gasteiger partial charge in [-0.2, -0.15) is 0 Å². The first kappa shape index (κ1) is 13.6. The zero-order chi connectivity index (χ0) is 13.7. The molecule has 0 bridgehead atoms. The molecule has 0 spiro atoms. The second-order valence-electron chi connectivity index (χ2n) is 3.44. The van der Waals surface area contributed by atoms with Gasteiger partial charge >= 0.3 is 0 Å². The molecule has 0 unspecified atom stereocenters. The lowest BCUT2D eigenvalue weighted by Gasteiger charge is -2.17. The summed E-state index contributed by atoms with van der Waals surface area (Å²) in [6.07, 6.45) is 5.10. The first-order chi connectivity index (χ1) is 8.51. The Bertz CT molecular complexity index is 523. The predicted octanol–water partition coefficient (Wildman–Crippen LogP) is 1.83. The average molecular weight is 250 g/mol. The van der Waals surface area contributed by atoms with Crippen molar-refractivity contribution in [2.75, 3.05) is 13.1 Å². The van der Waals surface area contributed by atoms with Crippen molar-refractivity contribution in [1.29, 1.82) is 0 Å². The third-order valence-electron chi connectivity index (χ3n) is 2.34. The Morgan fingerprint density at radius 2 is 2.28 bits per heavy atom. The van der Waals surface area contributed by atoms with E-state index in [9.17, 15) is 19.3 Å². The smallest absolute Gasteiger partial charge is 0.282 e. The van der Waals surface area contributed by atoms with E-state index < -0.39 is 22.3 Å². The fourth-order valence-electron chi connectivity index (χ4n) is 1.45. The number of hydrogen-bond acceptors (Lipinski definition) is 3. The lowest BCUT2D eigenvalue weighted by atomic mass is 10.1. The number of nitro benzene ring substituents is 1. The van der Waals surface area contributed by atoms with E-state index in [0.717, 1.165) is 18.2 Å². The lowest BCUT2D eigenvalue weighted by molar-refractivity contribution is -0.385. The van der Waals surface area contributed by atoms with Gasteiger partial charge in [-0.1, -0.05) is 5.92 Å². The highest BCUT2D eigenvalue weighted by atomic mass is 19.1. The number of nitrogens with zero attached hydrogens (tertiary/aromatic N) is 2. The number of rotatable bonds is 4. The maximum absolute atomic E-state index is 13.1. The number of amides is 1. The van der Waals surface area contributed by atoms with Gasteiger partial charge in [-0.15, -0.1) is 6.42 Å². The monoisotopic (exact) mass is 250 g/mol. The number of carbonyl (C=O) groups is 1. The number of terminal acetylenes is 1. The summed E-state index contributed by atoms with van der Waals surface area (Å²) in [5, 5.41) is 10.8. The van der Waals surface area contributed by atoms with E-state index in [-0.39, 0.29) is 18.7 Å².